The van der Waals surface area contributed by atoms with E-state index in [0.717, 1.165) is 0 Å². The second-order valence-electron chi connectivity index (χ2n) is 4.25. The van der Waals surface area contributed by atoms with E-state index in [2.05, 4.69) is 10.3 Å². The smallest absolute Gasteiger partial charge is 0.311 e. The number of carboxylic acids is 1. The molecule has 2 heterocycles. The molecule has 1 aliphatic heterocycles. The van der Waals surface area contributed by atoms with Crippen molar-refractivity contribution in [1.82, 2.24) is 10.3 Å². The molecule has 0 radical (unpaired) electrons. The van der Waals surface area contributed by atoms with E-state index in [1.807, 2.05) is 0 Å². The Balaban J connectivity index is 1.98. The third-order valence-corrected chi connectivity index (χ3v) is 3.92. The van der Waals surface area contributed by atoms with E-state index in [1.165, 1.54) is 17.5 Å². The summed E-state index contributed by atoms with van der Waals surface area (Å²) >= 11 is 1.23. The molecular weight excluding hydrogens is 256 g/mol. The Morgan fingerprint density at radius 1 is 1.50 bits per heavy atom. The summed E-state index contributed by atoms with van der Waals surface area (Å²) in [4.78, 5) is 27.4. The first-order valence-corrected chi connectivity index (χ1v) is 6.50. The highest BCUT2D eigenvalue weighted by atomic mass is 32.1. The molecule has 0 unspecified atom stereocenters. The lowest BCUT2D eigenvalue weighted by Gasteiger charge is -2.33. The number of hydrogen-bond donors (Lipinski definition) is 2. The molecule has 6 nitrogen and oxygen atoms in total. The molecule has 1 aromatic heterocycles. The van der Waals surface area contributed by atoms with Crippen LogP contribution in [0.25, 0.3) is 0 Å². The summed E-state index contributed by atoms with van der Waals surface area (Å²) in [5.41, 5.74) is 0.662. The van der Waals surface area contributed by atoms with Gasteiger partial charge in [0, 0.05) is 19.8 Å². The number of aromatic nitrogens is 1. The van der Waals surface area contributed by atoms with Gasteiger partial charge < -0.3 is 15.2 Å². The zero-order valence-electron chi connectivity index (χ0n) is 9.72. The van der Waals surface area contributed by atoms with Crippen molar-refractivity contribution < 1.29 is 19.4 Å². The van der Waals surface area contributed by atoms with Gasteiger partial charge in [-0.3, -0.25) is 14.6 Å². The molecular formula is C11H14N2O4S. The van der Waals surface area contributed by atoms with Gasteiger partial charge in [0.25, 0.3) is 5.91 Å². The summed E-state index contributed by atoms with van der Waals surface area (Å²) in [7, 11) is 0. The van der Waals surface area contributed by atoms with Crippen LogP contribution in [-0.4, -0.2) is 41.7 Å². The van der Waals surface area contributed by atoms with Crippen molar-refractivity contribution in [3.63, 3.8) is 0 Å². The minimum atomic E-state index is -0.904. The normalized spacial score (nSPS) is 18.2. The zero-order chi connectivity index (χ0) is 13.0. The van der Waals surface area contributed by atoms with E-state index in [0.29, 0.717) is 30.9 Å². The standard InChI is InChI=1S/C11H14N2O4S/c14-9(8-5-12-7-18-8)13-6-11(10(15)16)1-3-17-4-2-11/h5,7H,1-4,6H2,(H,13,14)(H,15,16). The number of hydrogen-bond acceptors (Lipinski definition) is 5. The Morgan fingerprint density at radius 2 is 2.22 bits per heavy atom. The quantitative estimate of drug-likeness (QED) is 0.843. The van der Waals surface area contributed by atoms with Crippen molar-refractivity contribution in [3.05, 3.63) is 16.6 Å². The fraction of sp³-hybridized carbons (Fsp3) is 0.545. The molecule has 0 aliphatic carbocycles. The molecule has 1 aliphatic rings. The lowest BCUT2D eigenvalue weighted by atomic mass is 9.80. The lowest BCUT2D eigenvalue weighted by Crippen LogP contribution is -2.46. The molecule has 2 rings (SSSR count). The van der Waals surface area contributed by atoms with Gasteiger partial charge in [0.2, 0.25) is 0 Å². The SMILES string of the molecule is O=C(NCC1(C(=O)O)CCOCC1)c1cncs1. The summed E-state index contributed by atoms with van der Waals surface area (Å²) in [6, 6.07) is 0. The Hall–Kier alpha value is -1.47. The molecule has 18 heavy (non-hydrogen) atoms. The second-order valence-corrected chi connectivity index (χ2v) is 5.13. The number of rotatable bonds is 4. The van der Waals surface area contributed by atoms with Crippen LogP contribution in [0.3, 0.4) is 0 Å². The van der Waals surface area contributed by atoms with Gasteiger partial charge in [-0.05, 0) is 12.8 Å². The number of amides is 1. The van der Waals surface area contributed by atoms with E-state index in [9.17, 15) is 14.7 Å². The van der Waals surface area contributed by atoms with Crippen LogP contribution in [-0.2, 0) is 9.53 Å². The summed E-state index contributed by atoms with van der Waals surface area (Å²) < 4.78 is 5.17. The maximum Gasteiger partial charge on any atom is 0.311 e. The third kappa shape index (κ3) is 2.68. The Labute approximate surface area is 108 Å². The van der Waals surface area contributed by atoms with E-state index in [1.54, 1.807) is 5.51 Å². The van der Waals surface area contributed by atoms with Crippen molar-refractivity contribution in [2.24, 2.45) is 5.41 Å². The van der Waals surface area contributed by atoms with Crippen LogP contribution < -0.4 is 5.32 Å². The number of carboxylic acid groups (broad SMARTS) is 1. The van der Waals surface area contributed by atoms with Crippen molar-refractivity contribution in [3.8, 4) is 0 Å². The number of carbonyl (C=O) groups is 2. The summed E-state index contributed by atoms with van der Waals surface area (Å²) in [5, 5.41) is 12.0. The Bertz CT molecular complexity index is 426. The van der Waals surface area contributed by atoms with E-state index >= 15 is 0 Å². The highest BCUT2D eigenvalue weighted by Gasteiger charge is 2.40. The highest BCUT2D eigenvalue weighted by molar-refractivity contribution is 7.11. The zero-order valence-corrected chi connectivity index (χ0v) is 10.5. The molecule has 98 valence electrons. The number of thiazole rings is 1. The monoisotopic (exact) mass is 270 g/mol. The summed E-state index contributed by atoms with van der Waals surface area (Å²) in [6.07, 6.45) is 2.31. The number of nitrogens with one attached hydrogen (secondary N) is 1. The van der Waals surface area contributed by atoms with Crippen LogP contribution in [0.1, 0.15) is 22.5 Å². The van der Waals surface area contributed by atoms with Crippen molar-refractivity contribution >= 4 is 23.2 Å². The lowest BCUT2D eigenvalue weighted by molar-refractivity contribution is -0.154. The van der Waals surface area contributed by atoms with Crippen LogP contribution in [0.5, 0.6) is 0 Å². The van der Waals surface area contributed by atoms with Crippen molar-refractivity contribution in [2.45, 2.75) is 12.8 Å². The first-order valence-electron chi connectivity index (χ1n) is 5.62. The first kappa shape index (κ1) is 13.0. The van der Waals surface area contributed by atoms with E-state index in [-0.39, 0.29) is 12.5 Å². The second kappa shape index (κ2) is 5.45. The summed E-state index contributed by atoms with van der Waals surface area (Å²) in [5.74, 6) is -1.15. The van der Waals surface area contributed by atoms with Gasteiger partial charge in [-0.25, -0.2) is 0 Å². The Morgan fingerprint density at radius 3 is 2.78 bits per heavy atom. The van der Waals surface area contributed by atoms with Gasteiger partial charge in [-0.2, -0.15) is 0 Å². The maximum atomic E-state index is 11.7. The molecule has 7 heteroatoms. The summed E-state index contributed by atoms with van der Waals surface area (Å²) in [6.45, 7) is 0.966. The third-order valence-electron chi connectivity index (χ3n) is 3.15. The van der Waals surface area contributed by atoms with Gasteiger partial charge >= 0.3 is 5.97 Å². The van der Waals surface area contributed by atoms with Crippen molar-refractivity contribution in [1.29, 1.82) is 0 Å². The predicted octanol–water partition coefficient (Wildman–Crippen LogP) is 0.754. The van der Waals surface area contributed by atoms with Gasteiger partial charge in [0.15, 0.2) is 0 Å². The van der Waals surface area contributed by atoms with Crippen LogP contribution in [0, 0.1) is 5.41 Å². The van der Waals surface area contributed by atoms with Crippen LogP contribution in [0.4, 0.5) is 0 Å². The maximum absolute atomic E-state index is 11.7. The average molecular weight is 270 g/mol. The van der Waals surface area contributed by atoms with Gasteiger partial charge in [-0.15, -0.1) is 11.3 Å². The molecule has 2 N–H and O–H groups in total. The molecule has 1 aromatic rings. The van der Waals surface area contributed by atoms with Gasteiger partial charge in [-0.1, -0.05) is 0 Å². The van der Waals surface area contributed by atoms with E-state index in [4.69, 9.17) is 4.74 Å². The number of nitrogens with zero attached hydrogens (tertiary/aromatic N) is 1. The number of aliphatic carboxylic acids is 1. The average Bonchev–Trinajstić information content (AvgIpc) is 2.91. The highest BCUT2D eigenvalue weighted by Crippen LogP contribution is 2.30. The fourth-order valence-corrected chi connectivity index (χ4v) is 2.43. The molecule has 1 amide bonds. The minimum Gasteiger partial charge on any atom is -0.481 e. The molecule has 1 fully saturated rings. The predicted molar refractivity (Wildman–Crippen MR) is 64.6 cm³/mol. The molecule has 0 atom stereocenters. The van der Waals surface area contributed by atoms with Crippen molar-refractivity contribution in [2.75, 3.05) is 19.8 Å². The van der Waals surface area contributed by atoms with Crippen LogP contribution >= 0.6 is 11.3 Å². The fourth-order valence-electron chi connectivity index (χ4n) is 1.89. The minimum absolute atomic E-state index is 0.127. The van der Waals surface area contributed by atoms with Gasteiger partial charge in [0.05, 0.1) is 17.1 Å². The van der Waals surface area contributed by atoms with Crippen LogP contribution in [0.2, 0.25) is 0 Å². The topological polar surface area (TPSA) is 88.5 Å². The molecule has 1 saturated heterocycles. The van der Waals surface area contributed by atoms with Crippen LogP contribution in [0.15, 0.2) is 11.7 Å². The molecule has 0 saturated carbocycles. The molecule has 0 spiro atoms. The van der Waals surface area contributed by atoms with E-state index < -0.39 is 11.4 Å². The Kier molecular flexibility index (Phi) is 3.93. The largest absolute Gasteiger partial charge is 0.481 e. The van der Waals surface area contributed by atoms with Gasteiger partial charge in [0.1, 0.15) is 4.88 Å². The molecule has 0 aromatic carbocycles. The first-order chi connectivity index (χ1) is 8.64. The molecule has 0 bridgehead atoms. The number of carbonyl (C=O) groups excluding carboxylic acids is 1. The number of ether oxygens (including phenoxy) is 1.